The summed E-state index contributed by atoms with van der Waals surface area (Å²) in [6.07, 6.45) is 3.13. The molecule has 104 valence electrons. The Hall–Kier alpha value is -2.15. The number of rotatable bonds is 4. The number of furan rings is 1. The van der Waals surface area contributed by atoms with Gasteiger partial charge in [0.15, 0.2) is 16.7 Å². The van der Waals surface area contributed by atoms with E-state index in [1.807, 2.05) is 0 Å². The molecule has 0 saturated heterocycles. The molecule has 1 saturated carbocycles. The molecule has 3 rings (SSSR count). The second-order valence-corrected chi connectivity index (χ2v) is 5.60. The van der Waals surface area contributed by atoms with Gasteiger partial charge in [0.2, 0.25) is 0 Å². The standard InChI is InChI=1S/C13H12N2O4S/c16-10(7-3-1-4-7)11-9(8-5-2-6-19-8)14-12(20-11)15-13(17)18/h2,5-7H,1,3-4H2,(H,14,15)(H,17,18). The fourth-order valence-corrected chi connectivity index (χ4v) is 3.05. The average molecular weight is 292 g/mol. The number of nitrogens with zero attached hydrogens (tertiary/aromatic N) is 1. The minimum Gasteiger partial charge on any atom is -0.465 e. The summed E-state index contributed by atoms with van der Waals surface area (Å²) in [5.74, 6) is 0.530. The molecule has 0 atom stereocenters. The van der Waals surface area contributed by atoms with Crippen molar-refractivity contribution in [2.24, 2.45) is 5.92 Å². The lowest BCUT2D eigenvalue weighted by Crippen LogP contribution is -2.21. The highest BCUT2D eigenvalue weighted by Crippen LogP contribution is 2.37. The van der Waals surface area contributed by atoms with E-state index in [-0.39, 0.29) is 16.8 Å². The van der Waals surface area contributed by atoms with E-state index in [0.717, 1.165) is 30.6 Å². The monoisotopic (exact) mass is 292 g/mol. The first-order valence-electron chi connectivity index (χ1n) is 6.24. The van der Waals surface area contributed by atoms with Crippen molar-refractivity contribution in [1.29, 1.82) is 0 Å². The van der Waals surface area contributed by atoms with Crippen molar-refractivity contribution < 1.29 is 19.1 Å². The predicted molar refractivity (Wildman–Crippen MR) is 73.1 cm³/mol. The number of anilines is 1. The van der Waals surface area contributed by atoms with Crippen LogP contribution in [0.5, 0.6) is 0 Å². The largest absolute Gasteiger partial charge is 0.465 e. The molecule has 2 aromatic rings. The van der Waals surface area contributed by atoms with Crippen molar-refractivity contribution in [3.8, 4) is 11.5 Å². The van der Waals surface area contributed by atoms with Crippen LogP contribution in [0.1, 0.15) is 28.9 Å². The molecule has 7 heteroatoms. The van der Waals surface area contributed by atoms with E-state index in [0.29, 0.717) is 16.3 Å². The topological polar surface area (TPSA) is 92.4 Å². The number of nitrogens with one attached hydrogen (secondary N) is 1. The average Bonchev–Trinajstić information content (AvgIpc) is 2.92. The molecule has 20 heavy (non-hydrogen) atoms. The Balaban J connectivity index is 1.99. The number of carbonyl (C=O) groups is 2. The Morgan fingerprint density at radius 1 is 1.45 bits per heavy atom. The molecule has 2 heterocycles. The van der Waals surface area contributed by atoms with E-state index in [2.05, 4.69) is 10.3 Å². The van der Waals surface area contributed by atoms with Gasteiger partial charge in [0.25, 0.3) is 0 Å². The summed E-state index contributed by atoms with van der Waals surface area (Å²) in [6.45, 7) is 0. The van der Waals surface area contributed by atoms with Crippen molar-refractivity contribution in [1.82, 2.24) is 4.98 Å². The summed E-state index contributed by atoms with van der Waals surface area (Å²) in [4.78, 5) is 27.7. The molecule has 0 aromatic carbocycles. The van der Waals surface area contributed by atoms with E-state index in [1.54, 1.807) is 12.1 Å². The van der Waals surface area contributed by atoms with E-state index in [4.69, 9.17) is 9.52 Å². The Morgan fingerprint density at radius 2 is 2.25 bits per heavy atom. The van der Waals surface area contributed by atoms with Crippen LogP contribution in [-0.4, -0.2) is 22.0 Å². The van der Waals surface area contributed by atoms with Crippen LogP contribution in [0.3, 0.4) is 0 Å². The van der Waals surface area contributed by atoms with Crippen molar-refractivity contribution in [2.75, 3.05) is 5.32 Å². The van der Waals surface area contributed by atoms with E-state index in [1.165, 1.54) is 6.26 Å². The van der Waals surface area contributed by atoms with E-state index < -0.39 is 6.09 Å². The van der Waals surface area contributed by atoms with Crippen LogP contribution >= 0.6 is 11.3 Å². The fourth-order valence-electron chi connectivity index (χ4n) is 2.07. The van der Waals surface area contributed by atoms with Crippen LogP contribution in [0, 0.1) is 5.92 Å². The predicted octanol–water partition coefficient (Wildman–Crippen LogP) is 3.48. The maximum absolute atomic E-state index is 12.4. The third kappa shape index (κ3) is 2.32. The number of carboxylic acid groups (broad SMARTS) is 1. The molecule has 6 nitrogen and oxygen atoms in total. The first kappa shape index (κ1) is 12.9. The van der Waals surface area contributed by atoms with Gasteiger partial charge in [-0.15, -0.1) is 0 Å². The van der Waals surface area contributed by atoms with Gasteiger partial charge in [0, 0.05) is 5.92 Å². The highest BCUT2D eigenvalue weighted by Gasteiger charge is 2.31. The molecule has 0 unspecified atom stereocenters. The van der Waals surface area contributed by atoms with Crippen molar-refractivity contribution >= 4 is 28.3 Å². The van der Waals surface area contributed by atoms with Gasteiger partial charge in [-0.05, 0) is 25.0 Å². The molecule has 0 radical (unpaired) electrons. The SMILES string of the molecule is O=C(O)Nc1nc(-c2ccco2)c(C(=O)C2CCC2)s1. The number of thiazole rings is 1. The zero-order chi connectivity index (χ0) is 14.1. The Labute approximate surface area is 118 Å². The number of aromatic nitrogens is 1. The van der Waals surface area contributed by atoms with Gasteiger partial charge in [-0.1, -0.05) is 17.8 Å². The van der Waals surface area contributed by atoms with Crippen LogP contribution in [0.15, 0.2) is 22.8 Å². The van der Waals surface area contributed by atoms with Crippen molar-refractivity contribution in [2.45, 2.75) is 19.3 Å². The lowest BCUT2D eigenvalue weighted by Gasteiger charge is -2.23. The van der Waals surface area contributed by atoms with Gasteiger partial charge < -0.3 is 9.52 Å². The molecule has 1 aliphatic rings. The van der Waals surface area contributed by atoms with Crippen LogP contribution in [0.25, 0.3) is 11.5 Å². The van der Waals surface area contributed by atoms with E-state index in [9.17, 15) is 9.59 Å². The number of ketones is 1. The number of carbonyl (C=O) groups excluding carboxylic acids is 1. The molecule has 1 aliphatic carbocycles. The Kier molecular flexibility index (Phi) is 3.27. The quantitative estimate of drug-likeness (QED) is 0.842. The summed E-state index contributed by atoms with van der Waals surface area (Å²) < 4.78 is 5.28. The smallest absolute Gasteiger partial charge is 0.410 e. The number of amides is 1. The molecule has 2 N–H and O–H groups in total. The Bertz CT molecular complexity index is 643. The minimum absolute atomic E-state index is 0.0265. The molecule has 0 bridgehead atoms. The highest BCUT2D eigenvalue weighted by molar-refractivity contribution is 7.18. The molecule has 0 spiro atoms. The second kappa shape index (κ2) is 5.09. The summed E-state index contributed by atoms with van der Waals surface area (Å²) in [7, 11) is 0. The third-order valence-electron chi connectivity index (χ3n) is 3.30. The van der Waals surface area contributed by atoms with Crippen molar-refractivity contribution in [3.05, 3.63) is 23.3 Å². The summed E-state index contributed by atoms with van der Waals surface area (Å²) in [5, 5.41) is 11.1. The molecule has 1 fully saturated rings. The number of Topliss-reactive ketones (excluding diaryl/α,β-unsaturated/α-hetero) is 1. The molecular formula is C13H12N2O4S. The van der Waals surface area contributed by atoms with Gasteiger partial charge >= 0.3 is 6.09 Å². The van der Waals surface area contributed by atoms with Gasteiger partial charge in [-0.25, -0.2) is 9.78 Å². The second-order valence-electron chi connectivity index (χ2n) is 4.60. The normalized spacial score (nSPS) is 14.8. The fraction of sp³-hybridized carbons (Fsp3) is 0.308. The van der Waals surface area contributed by atoms with E-state index >= 15 is 0 Å². The summed E-state index contributed by atoms with van der Waals surface area (Å²) >= 11 is 1.06. The number of hydrogen-bond donors (Lipinski definition) is 2. The molecule has 1 amide bonds. The first-order valence-corrected chi connectivity index (χ1v) is 7.05. The molecular weight excluding hydrogens is 280 g/mol. The van der Waals surface area contributed by atoms with Gasteiger partial charge in [-0.2, -0.15) is 0 Å². The minimum atomic E-state index is -1.20. The van der Waals surface area contributed by atoms with Crippen LogP contribution in [-0.2, 0) is 0 Å². The van der Waals surface area contributed by atoms with Crippen LogP contribution in [0.2, 0.25) is 0 Å². The third-order valence-corrected chi connectivity index (χ3v) is 4.28. The molecule has 0 aliphatic heterocycles. The van der Waals surface area contributed by atoms with Gasteiger partial charge in [-0.3, -0.25) is 10.1 Å². The lowest BCUT2D eigenvalue weighted by molar-refractivity contribution is 0.0860. The highest BCUT2D eigenvalue weighted by atomic mass is 32.1. The molecule has 2 aromatic heterocycles. The van der Waals surface area contributed by atoms with Crippen molar-refractivity contribution in [3.63, 3.8) is 0 Å². The van der Waals surface area contributed by atoms with Crippen LogP contribution < -0.4 is 5.32 Å². The van der Waals surface area contributed by atoms with Gasteiger partial charge in [0.1, 0.15) is 10.6 Å². The summed E-state index contributed by atoms with van der Waals surface area (Å²) in [5.41, 5.74) is 0.417. The number of hydrogen-bond acceptors (Lipinski definition) is 5. The maximum atomic E-state index is 12.4. The maximum Gasteiger partial charge on any atom is 0.410 e. The lowest BCUT2D eigenvalue weighted by atomic mass is 9.81. The zero-order valence-corrected chi connectivity index (χ0v) is 11.3. The zero-order valence-electron chi connectivity index (χ0n) is 10.5. The van der Waals surface area contributed by atoms with Gasteiger partial charge in [0.05, 0.1) is 6.26 Å². The van der Waals surface area contributed by atoms with Crippen LogP contribution in [0.4, 0.5) is 9.93 Å². The first-order chi connectivity index (χ1) is 9.65. The Morgan fingerprint density at radius 3 is 2.80 bits per heavy atom. The summed E-state index contributed by atoms with van der Waals surface area (Å²) in [6, 6.07) is 3.41.